The molecule has 0 fully saturated rings. The highest BCUT2D eigenvalue weighted by molar-refractivity contribution is 7.46. The highest BCUT2D eigenvalue weighted by Crippen LogP contribution is 2.36. The fourth-order valence-electron chi connectivity index (χ4n) is 6.64. The van der Waals surface area contributed by atoms with Crippen LogP contribution in [-0.2, 0) is 28.2 Å². The van der Waals surface area contributed by atoms with E-state index in [-0.39, 0.29) is 19.4 Å². The molecule has 0 saturated carbocycles. The maximum Gasteiger partial charge on any atom is 0.469 e. The van der Waals surface area contributed by atoms with Crippen LogP contribution in [-0.4, -0.2) is 41.0 Å². The van der Waals surface area contributed by atoms with Crippen molar-refractivity contribution in [2.45, 2.75) is 225 Å². The van der Waals surface area contributed by atoms with Gasteiger partial charge in [-0.25, -0.2) is 4.57 Å². The van der Waals surface area contributed by atoms with E-state index in [1.54, 1.807) is 0 Å². The number of esters is 2. The smallest absolute Gasteiger partial charge is 0.462 e. The van der Waals surface area contributed by atoms with Gasteiger partial charge in [0.2, 0.25) is 0 Å². The van der Waals surface area contributed by atoms with Gasteiger partial charge in [-0.2, -0.15) is 0 Å². The lowest BCUT2D eigenvalue weighted by Crippen LogP contribution is -2.29. The van der Waals surface area contributed by atoms with Gasteiger partial charge in [-0.3, -0.25) is 14.1 Å². The molecule has 60 heavy (non-hydrogen) atoms. The van der Waals surface area contributed by atoms with E-state index in [9.17, 15) is 14.2 Å². The molecule has 0 amide bonds. The lowest BCUT2D eigenvalue weighted by Gasteiger charge is -2.18. The Kier molecular flexibility index (Phi) is 44.1. The average molecular weight is 861 g/mol. The Morgan fingerprint density at radius 2 is 0.817 bits per heavy atom. The Morgan fingerprint density at radius 3 is 1.27 bits per heavy atom. The second-order valence-electron chi connectivity index (χ2n) is 16.1. The lowest BCUT2D eigenvalue weighted by atomic mass is 10.0. The molecule has 0 aliphatic rings. The quantitative estimate of drug-likeness (QED) is 0.0269. The van der Waals surface area contributed by atoms with Crippen molar-refractivity contribution in [3.8, 4) is 0 Å². The molecule has 0 heterocycles. The summed E-state index contributed by atoms with van der Waals surface area (Å²) in [7, 11) is -4.78. The van der Waals surface area contributed by atoms with Crippen LogP contribution >= 0.6 is 7.82 Å². The molecule has 0 aromatic carbocycles. The van der Waals surface area contributed by atoms with Crippen molar-refractivity contribution in [1.82, 2.24) is 0 Å². The maximum atomic E-state index is 12.4. The number of hydrogen-bond donors (Lipinski definition) is 2. The van der Waals surface area contributed by atoms with Crippen molar-refractivity contribution >= 4 is 19.8 Å². The molecule has 0 radical (unpaired) electrons. The van der Waals surface area contributed by atoms with Gasteiger partial charge in [0.25, 0.3) is 0 Å². The van der Waals surface area contributed by atoms with Crippen molar-refractivity contribution in [2.24, 2.45) is 0 Å². The molecule has 0 unspecified atom stereocenters. The van der Waals surface area contributed by atoms with E-state index in [0.717, 1.165) is 64.2 Å². The van der Waals surface area contributed by atoms with Gasteiger partial charge in [0, 0.05) is 12.8 Å². The summed E-state index contributed by atoms with van der Waals surface area (Å²) in [6.45, 7) is 3.54. The molecular weight excluding hydrogens is 772 g/mol. The molecule has 0 aliphatic carbocycles. The fourth-order valence-corrected chi connectivity index (χ4v) is 7.00. The monoisotopic (exact) mass is 861 g/mol. The van der Waals surface area contributed by atoms with Crippen LogP contribution in [0.4, 0.5) is 0 Å². The predicted octanol–water partition coefficient (Wildman–Crippen LogP) is 15.4. The number of hydrogen-bond acceptors (Lipinski definition) is 6. The minimum Gasteiger partial charge on any atom is -0.462 e. The van der Waals surface area contributed by atoms with Gasteiger partial charge >= 0.3 is 19.8 Å². The van der Waals surface area contributed by atoms with Gasteiger partial charge in [-0.05, 0) is 77.0 Å². The minimum absolute atomic E-state index is 0.165. The zero-order chi connectivity index (χ0) is 43.9. The van der Waals surface area contributed by atoms with Crippen molar-refractivity contribution in [1.29, 1.82) is 0 Å². The molecule has 0 bridgehead atoms. The highest BCUT2D eigenvalue weighted by Gasteiger charge is 2.22. The molecule has 0 spiro atoms. The lowest BCUT2D eigenvalue weighted by molar-refractivity contribution is -0.161. The van der Waals surface area contributed by atoms with E-state index in [1.165, 1.54) is 116 Å². The van der Waals surface area contributed by atoms with Gasteiger partial charge in [0.15, 0.2) is 6.10 Å². The molecule has 0 aliphatic heterocycles. The standard InChI is InChI=1S/C51H89O8P/c1-3-5-7-9-11-13-15-17-19-21-23-24-25-26-28-29-31-33-35-37-39-41-43-45-50(52)57-47-49(48-58-60(54,55)56)59-51(53)46-44-42-40-38-36-34-32-30-27-22-20-18-16-14-12-10-8-6-4-2/h6,8,12,14,18,20,27,30,34,36-37,39,49H,3-5,7,9-11,13,15-17,19,21-26,28-29,31-33,35,38,40-48H2,1-2H3,(H2,54,55,56)/b8-6+,14-12+,20-18+,30-27+,36-34+,39-37+/t49-/m1/s1. The number of phosphoric acid groups is 1. The van der Waals surface area contributed by atoms with E-state index >= 15 is 0 Å². The molecule has 8 nitrogen and oxygen atoms in total. The third-order valence-electron chi connectivity index (χ3n) is 10.2. The second-order valence-corrected chi connectivity index (χ2v) is 17.3. The number of carbonyl (C=O) groups is 2. The molecule has 346 valence electrons. The van der Waals surface area contributed by atoms with Crippen LogP contribution in [0.5, 0.6) is 0 Å². The molecule has 0 aromatic heterocycles. The van der Waals surface area contributed by atoms with Crippen LogP contribution in [0.3, 0.4) is 0 Å². The van der Waals surface area contributed by atoms with E-state index in [4.69, 9.17) is 19.3 Å². The summed E-state index contributed by atoms with van der Waals surface area (Å²) < 4.78 is 26.4. The Bertz CT molecular complexity index is 1200. The van der Waals surface area contributed by atoms with Crippen LogP contribution < -0.4 is 0 Å². The molecule has 2 N–H and O–H groups in total. The molecule has 1 atom stereocenters. The zero-order valence-corrected chi connectivity index (χ0v) is 39.2. The van der Waals surface area contributed by atoms with E-state index < -0.39 is 32.5 Å². The topological polar surface area (TPSA) is 119 Å². The average Bonchev–Trinajstić information content (AvgIpc) is 3.22. The zero-order valence-electron chi connectivity index (χ0n) is 38.3. The number of phosphoric ester groups is 1. The summed E-state index contributed by atoms with van der Waals surface area (Å²) in [4.78, 5) is 43.0. The number of carbonyl (C=O) groups excluding carboxylic acids is 2. The third-order valence-corrected chi connectivity index (χ3v) is 10.7. The van der Waals surface area contributed by atoms with Crippen molar-refractivity contribution in [2.75, 3.05) is 13.2 Å². The van der Waals surface area contributed by atoms with Crippen molar-refractivity contribution < 1.29 is 37.9 Å². The largest absolute Gasteiger partial charge is 0.469 e. The number of allylic oxidation sites excluding steroid dienone is 12. The summed E-state index contributed by atoms with van der Waals surface area (Å²) in [5.74, 6) is -0.959. The Labute approximate surface area is 368 Å². The van der Waals surface area contributed by atoms with Crippen molar-refractivity contribution in [3.05, 3.63) is 72.9 Å². The first-order valence-electron chi connectivity index (χ1n) is 24.2. The van der Waals surface area contributed by atoms with Crippen LogP contribution in [0.2, 0.25) is 0 Å². The van der Waals surface area contributed by atoms with Gasteiger partial charge < -0.3 is 19.3 Å². The Hall–Kier alpha value is -2.51. The summed E-state index contributed by atoms with van der Waals surface area (Å²) >= 11 is 0. The number of ether oxygens (including phenoxy) is 2. The first kappa shape index (κ1) is 57.5. The molecule has 0 saturated heterocycles. The fraction of sp³-hybridized carbons (Fsp3) is 0.725. The Morgan fingerprint density at radius 1 is 0.450 bits per heavy atom. The SMILES string of the molecule is CC/C=C/C/C=C/C/C=C/C/C=C/C/C=C/CCCCCC(=O)O[C@H](COC(=O)CCC/C=C/CCCCCCCCCCCCCCCCCCCC)COP(=O)(O)O. The van der Waals surface area contributed by atoms with Crippen LogP contribution in [0.15, 0.2) is 72.9 Å². The summed E-state index contributed by atoms with van der Waals surface area (Å²) in [5, 5.41) is 0. The second kappa shape index (κ2) is 46.0. The van der Waals surface area contributed by atoms with E-state index in [2.05, 4.69) is 91.3 Å². The van der Waals surface area contributed by atoms with Crippen LogP contribution in [0.1, 0.15) is 219 Å². The van der Waals surface area contributed by atoms with Gasteiger partial charge in [-0.15, -0.1) is 0 Å². The third kappa shape index (κ3) is 48.2. The van der Waals surface area contributed by atoms with Gasteiger partial charge in [-0.1, -0.05) is 202 Å². The van der Waals surface area contributed by atoms with Crippen LogP contribution in [0.25, 0.3) is 0 Å². The van der Waals surface area contributed by atoms with Crippen molar-refractivity contribution in [3.63, 3.8) is 0 Å². The minimum atomic E-state index is -4.78. The Balaban J connectivity index is 3.92. The molecule has 0 rings (SSSR count). The number of rotatable bonds is 44. The van der Waals surface area contributed by atoms with E-state index in [0.29, 0.717) is 12.8 Å². The van der Waals surface area contributed by atoms with Crippen LogP contribution in [0, 0.1) is 0 Å². The maximum absolute atomic E-state index is 12.4. The van der Waals surface area contributed by atoms with E-state index in [1.807, 2.05) is 0 Å². The predicted molar refractivity (Wildman–Crippen MR) is 253 cm³/mol. The van der Waals surface area contributed by atoms with Gasteiger partial charge in [0.05, 0.1) is 6.61 Å². The molecule has 9 heteroatoms. The first-order valence-corrected chi connectivity index (χ1v) is 25.8. The highest BCUT2D eigenvalue weighted by atomic mass is 31.2. The summed E-state index contributed by atoms with van der Waals surface area (Å²) in [6.07, 6.45) is 60.7. The summed E-state index contributed by atoms with van der Waals surface area (Å²) in [6, 6.07) is 0. The normalized spacial score (nSPS) is 13.1. The molecule has 0 aromatic rings. The molecular formula is C51H89O8P. The number of unbranched alkanes of at least 4 members (excludes halogenated alkanes) is 22. The van der Waals surface area contributed by atoms with Gasteiger partial charge in [0.1, 0.15) is 6.61 Å². The first-order chi connectivity index (χ1) is 29.3. The summed E-state index contributed by atoms with van der Waals surface area (Å²) in [5.41, 5.74) is 0.